The molecule has 1 rings (SSSR count). The van der Waals surface area contributed by atoms with E-state index in [2.05, 4.69) is 22.7 Å². The molecule has 0 saturated carbocycles. The molecule has 1 aromatic rings. The first kappa shape index (κ1) is 13.7. The van der Waals surface area contributed by atoms with Crippen molar-refractivity contribution < 1.29 is 4.79 Å². The first-order valence-corrected chi connectivity index (χ1v) is 5.93. The maximum atomic E-state index is 11.6. The Hall–Kier alpha value is -1.36. The van der Waals surface area contributed by atoms with Crippen LogP contribution in [0.1, 0.15) is 32.9 Å². The van der Waals surface area contributed by atoms with Crippen LogP contribution in [0.15, 0.2) is 12.3 Å². The molecular formula is C12H22N4O. The molecule has 0 unspecified atom stereocenters. The van der Waals surface area contributed by atoms with Gasteiger partial charge in [-0.3, -0.25) is 9.48 Å². The third-order valence-corrected chi connectivity index (χ3v) is 2.88. The number of rotatable bonds is 6. The lowest BCUT2D eigenvalue weighted by molar-refractivity contribution is -0.121. The maximum absolute atomic E-state index is 11.6. The summed E-state index contributed by atoms with van der Waals surface area (Å²) in [6.45, 7) is 7.08. The van der Waals surface area contributed by atoms with E-state index in [0.717, 1.165) is 12.1 Å². The Morgan fingerprint density at radius 3 is 2.76 bits per heavy atom. The number of nitrogens with zero attached hydrogens (tertiary/aromatic N) is 2. The van der Waals surface area contributed by atoms with Crippen molar-refractivity contribution in [2.75, 3.05) is 6.54 Å². The topological polar surface area (TPSA) is 59.0 Å². The highest BCUT2D eigenvalue weighted by molar-refractivity contribution is 5.78. The van der Waals surface area contributed by atoms with Crippen molar-refractivity contribution >= 4 is 5.91 Å². The van der Waals surface area contributed by atoms with E-state index in [9.17, 15) is 4.79 Å². The molecule has 0 aromatic carbocycles. The Labute approximate surface area is 103 Å². The zero-order valence-electron chi connectivity index (χ0n) is 11.1. The standard InChI is InChI=1S/C12H22N4O/c1-5-12(2,3)15-11(17)9-13-8-10-6-7-14-16(10)4/h6-7,13H,5,8-9H2,1-4H3,(H,15,17). The number of aryl methyl sites for hydroxylation is 1. The van der Waals surface area contributed by atoms with Crippen LogP contribution in [-0.2, 0) is 18.4 Å². The average molecular weight is 238 g/mol. The van der Waals surface area contributed by atoms with Gasteiger partial charge in [0, 0.05) is 25.3 Å². The van der Waals surface area contributed by atoms with Crippen LogP contribution in [0.5, 0.6) is 0 Å². The van der Waals surface area contributed by atoms with Gasteiger partial charge in [-0.2, -0.15) is 5.10 Å². The van der Waals surface area contributed by atoms with Gasteiger partial charge in [0.05, 0.1) is 12.2 Å². The van der Waals surface area contributed by atoms with E-state index >= 15 is 0 Å². The number of carbonyl (C=O) groups excluding carboxylic acids is 1. The summed E-state index contributed by atoms with van der Waals surface area (Å²) in [5, 5.41) is 10.1. The van der Waals surface area contributed by atoms with Gasteiger partial charge in [0.15, 0.2) is 0 Å². The summed E-state index contributed by atoms with van der Waals surface area (Å²) in [6.07, 6.45) is 2.66. The van der Waals surface area contributed by atoms with E-state index in [0.29, 0.717) is 13.1 Å². The molecule has 96 valence electrons. The SMILES string of the molecule is CCC(C)(C)NC(=O)CNCc1ccnn1C. The predicted molar refractivity (Wildman–Crippen MR) is 67.4 cm³/mol. The third kappa shape index (κ3) is 4.56. The summed E-state index contributed by atoms with van der Waals surface area (Å²) >= 11 is 0. The highest BCUT2D eigenvalue weighted by atomic mass is 16.2. The molecule has 0 atom stereocenters. The second kappa shape index (κ2) is 5.82. The molecule has 5 heteroatoms. The van der Waals surface area contributed by atoms with E-state index in [1.165, 1.54) is 0 Å². The van der Waals surface area contributed by atoms with Gasteiger partial charge in [-0.05, 0) is 26.3 Å². The number of amides is 1. The smallest absolute Gasteiger partial charge is 0.234 e. The van der Waals surface area contributed by atoms with Crippen molar-refractivity contribution in [3.8, 4) is 0 Å². The minimum absolute atomic E-state index is 0.0269. The second-order valence-electron chi connectivity index (χ2n) is 4.84. The Bertz CT molecular complexity index is 370. The normalized spacial score (nSPS) is 11.5. The van der Waals surface area contributed by atoms with Crippen LogP contribution in [-0.4, -0.2) is 27.8 Å². The van der Waals surface area contributed by atoms with E-state index in [1.54, 1.807) is 10.9 Å². The zero-order valence-corrected chi connectivity index (χ0v) is 11.1. The van der Waals surface area contributed by atoms with Gasteiger partial charge in [-0.25, -0.2) is 0 Å². The lowest BCUT2D eigenvalue weighted by Crippen LogP contribution is -2.46. The first-order valence-electron chi connectivity index (χ1n) is 5.93. The Morgan fingerprint density at radius 2 is 2.24 bits per heavy atom. The largest absolute Gasteiger partial charge is 0.350 e. The van der Waals surface area contributed by atoms with Crippen molar-refractivity contribution in [3.63, 3.8) is 0 Å². The van der Waals surface area contributed by atoms with Gasteiger partial charge in [-0.1, -0.05) is 6.92 Å². The molecule has 1 aromatic heterocycles. The fourth-order valence-corrected chi connectivity index (χ4v) is 1.39. The van der Waals surface area contributed by atoms with Crippen molar-refractivity contribution in [1.82, 2.24) is 20.4 Å². The van der Waals surface area contributed by atoms with Crippen LogP contribution in [0.25, 0.3) is 0 Å². The minimum atomic E-state index is -0.134. The molecule has 0 fully saturated rings. The van der Waals surface area contributed by atoms with Crippen molar-refractivity contribution in [2.24, 2.45) is 7.05 Å². The summed E-state index contributed by atoms with van der Waals surface area (Å²) < 4.78 is 1.79. The minimum Gasteiger partial charge on any atom is -0.350 e. The zero-order chi connectivity index (χ0) is 12.9. The lowest BCUT2D eigenvalue weighted by atomic mass is 10.0. The average Bonchev–Trinajstić information content (AvgIpc) is 2.64. The van der Waals surface area contributed by atoms with E-state index in [4.69, 9.17) is 0 Å². The van der Waals surface area contributed by atoms with Crippen LogP contribution in [0.2, 0.25) is 0 Å². The summed E-state index contributed by atoms with van der Waals surface area (Å²) in [5.41, 5.74) is 0.929. The molecule has 1 heterocycles. The molecule has 0 radical (unpaired) electrons. The molecule has 0 aliphatic rings. The number of carbonyl (C=O) groups is 1. The van der Waals surface area contributed by atoms with Gasteiger partial charge >= 0.3 is 0 Å². The van der Waals surface area contributed by atoms with E-state index < -0.39 is 0 Å². The van der Waals surface area contributed by atoms with Crippen LogP contribution in [0, 0.1) is 0 Å². The van der Waals surface area contributed by atoms with Gasteiger partial charge in [0.1, 0.15) is 0 Å². The summed E-state index contributed by atoms with van der Waals surface area (Å²) in [4.78, 5) is 11.6. The summed E-state index contributed by atoms with van der Waals surface area (Å²) in [7, 11) is 1.89. The van der Waals surface area contributed by atoms with Crippen molar-refractivity contribution in [3.05, 3.63) is 18.0 Å². The number of hydrogen-bond acceptors (Lipinski definition) is 3. The third-order valence-electron chi connectivity index (χ3n) is 2.88. The van der Waals surface area contributed by atoms with Crippen LogP contribution >= 0.6 is 0 Å². The molecule has 0 spiro atoms. The second-order valence-corrected chi connectivity index (χ2v) is 4.84. The first-order chi connectivity index (χ1) is 7.94. The van der Waals surface area contributed by atoms with Gasteiger partial charge < -0.3 is 10.6 Å². The van der Waals surface area contributed by atoms with Crippen LogP contribution in [0.4, 0.5) is 0 Å². The Morgan fingerprint density at radius 1 is 1.53 bits per heavy atom. The number of aromatic nitrogens is 2. The van der Waals surface area contributed by atoms with E-state index in [1.807, 2.05) is 27.0 Å². The highest BCUT2D eigenvalue weighted by Crippen LogP contribution is 2.05. The molecule has 0 aliphatic heterocycles. The lowest BCUT2D eigenvalue weighted by Gasteiger charge is -2.24. The van der Waals surface area contributed by atoms with Gasteiger partial charge in [0.25, 0.3) is 0 Å². The summed E-state index contributed by atoms with van der Waals surface area (Å²) in [5.74, 6) is 0.0269. The van der Waals surface area contributed by atoms with Gasteiger partial charge in [-0.15, -0.1) is 0 Å². The Kier molecular flexibility index (Phi) is 4.69. The molecule has 2 N–H and O–H groups in total. The fraction of sp³-hybridized carbons (Fsp3) is 0.667. The van der Waals surface area contributed by atoms with E-state index in [-0.39, 0.29) is 11.4 Å². The van der Waals surface area contributed by atoms with Crippen molar-refractivity contribution in [2.45, 2.75) is 39.3 Å². The fourth-order valence-electron chi connectivity index (χ4n) is 1.39. The number of hydrogen-bond donors (Lipinski definition) is 2. The molecule has 0 saturated heterocycles. The Balaban J connectivity index is 2.28. The van der Waals surface area contributed by atoms with Crippen LogP contribution < -0.4 is 10.6 Å². The quantitative estimate of drug-likeness (QED) is 0.771. The highest BCUT2D eigenvalue weighted by Gasteiger charge is 2.17. The molecule has 1 amide bonds. The van der Waals surface area contributed by atoms with Crippen LogP contribution in [0.3, 0.4) is 0 Å². The molecule has 5 nitrogen and oxygen atoms in total. The molecule has 0 aliphatic carbocycles. The number of nitrogens with one attached hydrogen (secondary N) is 2. The monoisotopic (exact) mass is 238 g/mol. The predicted octanol–water partition coefficient (Wildman–Crippen LogP) is 0.814. The maximum Gasteiger partial charge on any atom is 0.234 e. The molecule has 17 heavy (non-hydrogen) atoms. The molecular weight excluding hydrogens is 216 g/mol. The van der Waals surface area contributed by atoms with Crippen molar-refractivity contribution in [1.29, 1.82) is 0 Å². The summed E-state index contributed by atoms with van der Waals surface area (Å²) in [6, 6.07) is 1.93. The van der Waals surface area contributed by atoms with Gasteiger partial charge in [0.2, 0.25) is 5.91 Å². The molecule has 0 bridgehead atoms.